The average Bonchev–Trinajstić information content (AvgIpc) is 2.38. The van der Waals surface area contributed by atoms with Gasteiger partial charge in [-0.15, -0.1) is 12.4 Å². The van der Waals surface area contributed by atoms with E-state index in [1.54, 1.807) is 0 Å². The Morgan fingerprint density at radius 3 is 2.67 bits per heavy atom. The molecule has 5 nitrogen and oxygen atoms in total. The van der Waals surface area contributed by atoms with Crippen LogP contribution in [-0.2, 0) is 9.59 Å². The predicted octanol–water partition coefficient (Wildman–Crippen LogP) is 1.42. The van der Waals surface area contributed by atoms with E-state index in [4.69, 9.17) is 0 Å². The second-order valence-corrected chi connectivity index (χ2v) is 6.10. The van der Waals surface area contributed by atoms with E-state index in [0.717, 1.165) is 26.1 Å². The summed E-state index contributed by atoms with van der Waals surface area (Å²) in [5, 5.41) is 6.00. The van der Waals surface area contributed by atoms with Gasteiger partial charge in [0, 0.05) is 32.5 Å². The third-order valence-electron chi connectivity index (χ3n) is 3.62. The van der Waals surface area contributed by atoms with Gasteiger partial charge in [-0.2, -0.15) is 0 Å². The summed E-state index contributed by atoms with van der Waals surface area (Å²) in [6, 6.07) is 0. The zero-order chi connectivity index (χ0) is 15.0. The summed E-state index contributed by atoms with van der Waals surface area (Å²) in [5.41, 5.74) is 0. The lowest BCUT2D eigenvalue weighted by atomic mass is 9.98. The van der Waals surface area contributed by atoms with Crippen molar-refractivity contribution in [3.8, 4) is 0 Å². The SMILES string of the molecule is CNCC1CCCN(C(=O)CCNC(=O)CC(C)C)C1.Cl. The average molecular weight is 320 g/mol. The molecule has 1 heterocycles. The van der Waals surface area contributed by atoms with E-state index in [1.165, 1.54) is 6.42 Å². The van der Waals surface area contributed by atoms with Crippen LogP contribution in [0.5, 0.6) is 0 Å². The lowest BCUT2D eigenvalue weighted by Crippen LogP contribution is -2.43. The van der Waals surface area contributed by atoms with Crippen molar-refractivity contribution >= 4 is 24.2 Å². The second-order valence-electron chi connectivity index (χ2n) is 6.10. The van der Waals surface area contributed by atoms with E-state index in [2.05, 4.69) is 10.6 Å². The Morgan fingerprint density at radius 1 is 1.33 bits per heavy atom. The van der Waals surface area contributed by atoms with Crippen LogP contribution in [0.25, 0.3) is 0 Å². The standard InChI is InChI=1S/C15H29N3O2.ClH/c1-12(2)9-14(19)17-7-6-15(20)18-8-4-5-13(11-18)10-16-3;/h12-13,16H,4-11H2,1-3H3,(H,17,19);1H. The van der Waals surface area contributed by atoms with Crippen LogP contribution in [-0.4, -0.2) is 49.9 Å². The molecule has 1 aliphatic rings. The smallest absolute Gasteiger partial charge is 0.224 e. The molecule has 124 valence electrons. The Balaban J connectivity index is 0.00000400. The molecule has 1 rings (SSSR count). The number of rotatable bonds is 7. The topological polar surface area (TPSA) is 61.4 Å². The largest absolute Gasteiger partial charge is 0.356 e. The highest BCUT2D eigenvalue weighted by molar-refractivity contribution is 5.85. The monoisotopic (exact) mass is 319 g/mol. The number of carbonyl (C=O) groups excluding carboxylic acids is 2. The first-order valence-electron chi connectivity index (χ1n) is 7.72. The summed E-state index contributed by atoms with van der Waals surface area (Å²) < 4.78 is 0. The van der Waals surface area contributed by atoms with Gasteiger partial charge in [-0.3, -0.25) is 9.59 Å². The molecule has 1 unspecified atom stereocenters. The molecule has 1 atom stereocenters. The van der Waals surface area contributed by atoms with Gasteiger partial charge in [0.05, 0.1) is 0 Å². The van der Waals surface area contributed by atoms with E-state index in [0.29, 0.717) is 31.2 Å². The predicted molar refractivity (Wildman–Crippen MR) is 87.6 cm³/mol. The summed E-state index contributed by atoms with van der Waals surface area (Å²) in [6.45, 7) is 7.16. The highest BCUT2D eigenvalue weighted by Crippen LogP contribution is 2.16. The molecule has 1 fully saturated rings. The van der Waals surface area contributed by atoms with Crippen molar-refractivity contribution in [2.75, 3.05) is 33.2 Å². The maximum absolute atomic E-state index is 12.1. The summed E-state index contributed by atoms with van der Waals surface area (Å²) >= 11 is 0. The van der Waals surface area contributed by atoms with Gasteiger partial charge in [-0.1, -0.05) is 13.8 Å². The van der Waals surface area contributed by atoms with Crippen LogP contribution < -0.4 is 10.6 Å². The third-order valence-corrected chi connectivity index (χ3v) is 3.62. The van der Waals surface area contributed by atoms with Crippen LogP contribution in [0, 0.1) is 11.8 Å². The van der Waals surface area contributed by atoms with Crippen LogP contribution >= 0.6 is 12.4 Å². The molecule has 2 N–H and O–H groups in total. The fourth-order valence-electron chi connectivity index (χ4n) is 2.66. The minimum atomic E-state index is 0. The molecule has 21 heavy (non-hydrogen) atoms. The minimum Gasteiger partial charge on any atom is -0.356 e. The van der Waals surface area contributed by atoms with E-state index in [-0.39, 0.29) is 24.2 Å². The maximum Gasteiger partial charge on any atom is 0.224 e. The lowest BCUT2D eigenvalue weighted by Gasteiger charge is -2.32. The van der Waals surface area contributed by atoms with Crippen molar-refractivity contribution in [2.24, 2.45) is 11.8 Å². The number of nitrogens with one attached hydrogen (secondary N) is 2. The Hall–Kier alpha value is -0.810. The number of hydrogen-bond acceptors (Lipinski definition) is 3. The van der Waals surface area contributed by atoms with Crippen LogP contribution in [0.2, 0.25) is 0 Å². The van der Waals surface area contributed by atoms with E-state index in [9.17, 15) is 9.59 Å². The van der Waals surface area contributed by atoms with Crippen molar-refractivity contribution < 1.29 is 9.59 Å². The second kappa shape index (κ2) is 10.9. The zero-order valence-corrected chi connectivity index (χ0v) is 14.3. The molecule has 2 amide bonds. The number of amides is 2. The first-order valence-corrected chi connectivity index (χ1v) is 7.72. The van der Waals surface area contributed by atoms with Gasteiger partial charge >= 0.3 is 0 Å². The number of nitrogens with zero attached hydrogens (tertiary/aromatic N) is 1. The molecular formula is C15H30ClN3O2. The molecule has 0 bridgehead atoms. The molecule has 0 aliphatic carbocycles. The zero-order valence-electron chi connectivity index (χ0n) is 13.5. The Labute approximate surface area is 134 Å². The number of carbonyl (C=O) groups is 2. The normalized spacial score (nSPS) is 18.3. The number of halogens is 1. The molecule has 0 aromatic heterocycles. The first kappa shape index (κ1) is 20.2. The molecular weight excluding hydrogens is 290 g/mol. The van der Waals surface area contributed by atoms with Gasteiger partial charge < -0.3 is 15.5 Å². The summed E-state index contributed by atoms with van der Waals surface area (Å²) in [7, 11) is 1.95. The van der Waals surface area contributed by atoms with Crippen molar-refractivity contribution in [1.29, 1.82) is 0 Å². The van der Waals surface area contributed by atoms with E-state index >= 15 is 0 Å². The van der Waals surface area contributed by atoms with Crippen LogP contribution in [0.4, 0.5) is 0 Å². The van der Waals surface area contributed by atoms with E-state index in [1.807, 2.05) is 25.8 Å². The van der Waals surface area contributed by atoms with Crippen LogP contribution in [0.3, 0.4) is 0 Å². The van der Waals surface area contributed by atoms with Crippen LogP contribution in [0.15, 0.2) is 0 Å². The molecule has 0 aromatic rings. The van der Waals surface area contributed by atoms with E-state index < -0.39 is 0 Å². The van der Waals surface area contributed by atoms with Gasteiger partial charge in [0.1, 0.15) is 0 Å². The minimum absolute atomic E-state index is 0. The number of piperidine rings is 1. The van der Waals surface area contributed by atoms with Gasteiger partial charge in [-0.05, 0) is 38.3 Å². The lowest BCUT2D eigenvalue weighted by molar-refractivity contribution is -0.133. The van der Waals surface area contributed by atoms with Crippen molar-refractivity contribution in [3.05, 3.63) is 0 Å². The molecule has 0 spiro atoms. The number of hydrogen-bond donors (Lipinski definition) is 2. The fourth-order valence-corrected chi connectivity index (χ4v) is 2.66. The highest BCUT2D eigenvalue weighted by Gasteiger charge is 2.22. The highest BCUT2D eigenvalue weighted by atomic mass is 35.5. The van der Waals surface area contributed by atoms with Gasteiger partial charge in [-0.25, -0.2) is 0 Å². The Kier molecular flexibility index (Phi) is 10.4. The molecule has 1 saturated heterocycles. The molecule has 6 heteroatoms. The van der Waals surface area contributed by atoms with Gasteiger partial charge in [0.2, 0.25) is 11.8 Å². The first-order chi connectivity index (χ1) is 9.52. The van der Waals surface area contributed by atoms with Crippen molar-refractivity contribution in [2.45, 2.75) is 39.5 Å². The molecule has 0 radical (unpaired) electrons. The fraction of sp³-hybridized carbons (Fsp3) is 0.867. The summed E-state index contributed by atoms with van der Waals surface area (Å²) in [6.07, 6.45) is 3.21. The summed E-state index contributed by atoms with van der Waals surface area (Å²) in [5.74, 6) is 1.12. The quantitative estimate of drug-likeness (QED) is 0.746. The molecule has 0 saturated carbocycles. The van der Waals surface area contributed by atoms with Gasteiger partial charge in [0.15, 0.2) is 0 Å². The molecule has 1 aliphatic heterocycles. The van der Waals surface area contributed by atoms with Crippen molar-refractivity contribution in [3.63, 3.8) is 0 Å². The van der Waals surface area contributed by atoms with Crippen molar-refractivity contribution in [1.82, 2.24) is 15.5 Å². The summed E-state index contributed by atoms with van der Waals surface area (Å²) in [4.78, 5) is 25.6. The van der Waals surface area contributed by atoms with Gasteiger partial charge in [0.25, 0.3) is 0 Å². The maximum atomic E-state index is 12.1. The Morgan fingerprint density at radius 2 is 2.05 bits per heavy atom. The molecule has 0 aromatic carbocycles. The van der Waals surface area contributed by atoms with Crippen LogP contribution in [0.1, 0.15) is 39.5 Å². The number of likely N-dealkylation sites (tertiary alicyclic amines) is 1. The Bertz CT molecular complexity index is 322. The third kappa shape index (κ3) is 8.27.